The number of hydrogen-bond donors (Lipinski definition) is 0. The van der Waals surface area contributed by atoms with Crippen LogP contribution in [0.25, 0.3) is 0 Å². The Morgan fingerprint density at radius 2 is 2.17 bits per heavy atom. The largest absolute Gasteiger partial charge is 0.244 e. The number of aryl methyl sites for hydroxylation is 1. The van der Waals surface area contributed by atoms with Crippen LogP contribution in [0.5, 0.6) is 0 Å². The summed E-state index contributed by atoms with van der Waals surface area (Å²) in [6, 6.07) is 1.99. The number of thiophene rings is 1. The van der Waals surface area contributed by atoms with E-state index in [1.165, 1.54) is 11.3 Å². The monoisotopic (exact) mass is 351 g/mol. The summed E-state index contributed by atoms with van der Waals surface area (Å²) in [5.41, 5.74) is 0. The second-order valence-electron chi connectivity index (χ2n) is 4.79. The van der Waals surface area contributed by atoms with E-state index in [1.807, 2.05) is 13.8 Å². The van der Waals surface area contributed by atoms with Crippen molar-refractivity contribution in [2.24, 2.45) is 0 Å². The third-order valence-corrected chi connectivity index (χ3v) is 7.46. The van der Waals surface area contributed by atoms with Crippen LogP contribution < -0.4 is 0 Å². The Kier molecular flexibility index (Phi) is 4.21. The van der Waals surface area contributed by atoms with Gasteiger partial charge in [-0.1, -0.05) is 6.92 Å². The van der Waals surface area contributed by atoms with Crippen molar-refractivity contribution in [2.75, 3.05) is 0 Å². The molecular weight excluding hydrogens is 334 g/mol. The molecule has 3 nitrogen and oxygen atoms in total. The fourth-order valence-corrected chi connectivity index (χ4v) is 7.00. The summed E-state index contributed by atoms with van der Waals surface area (Å²) in [6.07, 6.45) is 2.82. The quantitative estimate of drug-likeness (QED) is 0.830. The second-order valence-corrected chi connectivity index (χ2v) is 9.24. The van der Waals surface area contributed by atoms with Crippen LogP contribution in [0.2, 0.25) is 0 Å². The molecule has 1 aliphatic rings. The van der Waals surface area contributed by atoms with Crippen LogP contribution in [0.3, 0.4) is 0 Å². The van der Waals surface area contributed by atoms with Gasteiger partial charge in [-0.2, -0.15) is 4.31 Å². The molecule has 1 aromatic heterocycles. The summed E-state index contributed by atoms with van der Waals surface area (Å²) in [5.74, 6) is 0. The van der Waals surface area contributed by atoms with Crippen molar-refractivity contribution < 1.29 is 8.42 Å². The smallest absolute Gasteiger partial charge is 0.207 e. The summed E-state index contributed by atoms with van der Waals surface area (Å²) in [4.78, 5) is 1.32. The highest BCUT2D eigenvalue weighted by atomic mass is 79.9. The van der Waals surface area contributed by atoms with Crippen LogP contribution in [0.4, 0.5) is 0 Å². The molecule has 18 heavy (non-hydrogen) atoms. The first-order valence-corrected chi connectivity index (χ1v) is 9.22. The molecule has 2 unspecified atom stereocenters. The first-order valence-electron chi connectivity index (χ1n) is 6.17. The number of nitrogens with zero attached hydrogens (tertiary/aromatic N) is 1. The average molecular weight is 352 g/mol. The standard InChI is InChI=1S/C12H18BrNO2S2/c1-4-10-6-5-8(2)14(10)18(15,16)11-7-12(13)17-9(11)3/h7-8,10H,4-6H2,1-3H3. The van der Waals surface area contributed by atoms with Gasteiger partial charge in [0.15, 0.2) is 0 Å². The van der Waals surface area contributed by atoms with Gasteiger partial charge in [0.1, 0.15) is 0 Å². The molecule has 0 amide bonds. The molecule has 1 aliphatic heterocycles. The van der Waals surface area contributed by atoms with Gasteiger partial charge in [0, 0.05) is 17.0 Å². The lowest BCUT2D eigenvalue weighted by Gasteiger charge is -2.26. The van der Waals surface area contributed by atoms with Gasteiger partial charge in [0.05, 0.1) is 8.68 Å². The Bertz CT molecular complexity index is 538. The van der Waals surface area contributed by atoms with E-state index >= 15 is 0 Å². The molecule has 0 bridgehead atoms. The number of sulfonamides is 1. The second kappa shape index (κ2) is 5.23. The lowest BCUT2D eigenvalue weighted by atomic mass is 10.2. The molecule has 0 spiro atoms. The van der Waals surface area contributed by atoms with Crippen molar-refractivity contribution >= 4 is 37.3 Å². The van der Waals surface area contributed by atoms with Crippen molar-refractivity contribution in [2.45, 2.75) is 57.0 Å². The molecule has 1 aromatic rings. The minimum absolute atomic E-state index is 0.109. The molecule has 2 heterocycles. The number of hydrogen-bond acceptors (Lipinski definition) is 3. The van der Waals surface area contributed by atoms with E-state index in [0.717, 1.165) is 27.9 Å². The van der Waals surface area contributed by atoms with Crippen LogP contribution in [0.15, 0.2) is 14.7 Å². The van der Waals surface area contributed by atoms with Crippen molar-refractivity contribution in [1.82, 2.24) is 4.31 Å². The predicted octanol–water partition coefficient (Wildman–Crippen LogP) is 3.77. The Morgan fingerprint density at radius 1 is 1.50 bits per heavy atom. The molecule has 0 radical (unpaired) electrons. The zero-order valence-corrected chi connectivity index (χ0v) is 14.0. The van der Waals surface area contributed by atoms with Crippen molar-refractivity contribution in [3.63, 3.8) is 0 Å². The molecule has 102 valence electrons. The fraction of sp³-hybridized carbons (Fsp3) is 0.667. The van der Waals surface area contributed by atoms with E-state index in [1.54, 1.807) is 10.4 Å². The molecule has 0 aromatic carbocycles. The zero-order chi connectivity index (χ0) is 13.5. The molecular formula is C12H18BrNO2S2. The minimum atomic E-state index is -3.35. The van der Waals surface area contributed by atoms with Crippen molar-refractivity contribution in [1.29, 1.82) is 0 Å². The van der Waals surface area contributed by atoms with Gasteiger partial charge in [-0.25, -0.2) is 8.42 Å². The zero-order valence-electron chi connectivity index (χ0n) is 10.8. The Morgan fingerprint density at radius 3 is 2.67 bits per heavy atom. The van der Waals surface area contributed by atoms with Gasteiger partial charge in [0.2, 0.25) is 10.0 Å². The lowest BCUT2D eigenvalue weighted by molar-refractivity contribution is 0.328. The minimum Gasteiger partial charge on any atom is -0.207 e. The third-order valence-electron chi connectivity index (χ3n) is 3.58. The first kappa shape index (κ1) is 14.5. The first-order chi connectivity index (χ1) is 8.37. The maximum absolute atomic E-state index is 12.8. The summed E-state index contributed by atoms with van der Waals surface area (Å²) >= 11 is 4.84. The summed E-state index contributed by atoms with van der Waals surface area (Å²) in [7, 11) is -3.35. The highest BCUT2D eigenvalue weighted by Crippen LogP contribution is 2.37. The SMILES string of the molecule is CCC1CCC(C)N1S(=O)(=O)c1cc(Br)sc1C. The molecule has 2 atom stereocenters. The average Bonchev–Trinajstić information content (AvgIpc) is 2.82. The lowest BCUT2D eigenvalue weighted by Crippen LogP contribution is -2.39. The van der Waals surface area contributed by atoms with Crippen molar-refractivity contribution in [3.05, 3.63) is 14.7 Å². The maximum atomic E-state index is 12.8. The normalized spacial score (nSPS) is 25.8. The highest BCUT2D eigenvalue weighted by Gasteiger charge is 2.40. The molecule has 0 aliphatic carbocycles. The van der Waals surface area contributed by atoms with Crippen LogP contribution in [0.1, 0.15) is 38.0 Å². The van der Waals surface area contributed by atoms with E-state index in [0.29, 0.717) is 4.90 Å². The Balaban J connectivity index is 2.45. The Hall–Kier alpha value is 0.0900. The van der Waals surface area contributed by atoms with E-state index in [9.17, 15) is 8.42 Å². The van der Waals surface area contributed by atoms with E-state index in [2.05, 4.69) is 22.9 Å². The van der Waals surface area contributed by atoms with Gasteiger partial charge < -0.3 is 0 Å². The highest BCUT2D eigenvalue weighted by molar-refractivity contribution is 9.11. The molecule has 1 saturated heterocycles. The molecule has 2 rings (SSSR count). The summed E-state index contributed by atoms with van der Waals surface area (Å²) in [6.45, 7) is 5.93. The van der Waals surface area contributed by atoms with E-state index in [-0.39, 0.29) is 12.1 Å². The van der Waals surface area contributed by atoms with Gasteiger partial charge >= 0.3 is 0 Å². The number of rotatable bonds is 3. The van der Waals surface area contributed by atoms with Gasteiger partial charge in [-0.05, 0) is 55.1 Å². The van der Waals surface area contributed by atoms with Crippen LogP contribution in [-0.2, 0) is 10.0 Å². The van der Waals surface area contributed by atoms with Crippen molar-refractivity contribution in [3.8, 4) is 0 Å². The maximum Gasteiger partial charge on any atom is 0.244 e. The predicted molar refractivity (Wildman–Crippen MR) is 78.6 cm³/mol. The molecule has 0 saturated carbocycles. The van der Waals surface area contributed by atoms with E-state index < -0.39 is 10.0 Å². The molecule has 1 fully saturated rings. The van der Waals surface area contributed by atoms with Gasteiger partial charge in [0.25, 0.3) is 0 Å². The number of halogens is 1. The van der Waals surface area contributed by atoms with Crippen LogP contribution in [0, 0.1) is 6.92 Å². The Labute approximate surface area is 121 Å². The van der Waals surface area contributed by atoms with Crippen LogP contribution >= 0.6 is 27.3 Å². The summed E-state index contributed by atoms with van der Waals surface area (Å²) < 4.78 is 28.1. The van der Waals surface area contributed by atoms with Gasteiger partial charge in [-0.3, -0.25) is 0 Å². The fourth-order valence-electron chi connectivity index (χ4n) is 2.67. The molecule has 6 heteroatoms. The summed E-state index contributed by atoms with van der Waals surface area (Å²) in [5, 5.41) is 0. The van der Waals surface area contributed by atoms with Gasteiger partial charge in [-0.15, -0.1) is 11.3 Å². The third kappa shape index (κ3) is 2.40. The topological polar surface area (TPSA) is 37.4 Å². The van der Waals surface area contributed by atoms with E-state index in [4.69, 9.17) is 0 Å². The molecule has 0 N–H and O–H groups in total. The van der Waals surface area contributed by atoms with Crippen LogP contribution in [-0.4, -0.2) is 24.8 Å².